The summed E-state index contributed by atoms with van der Waals surface area (Å²) in [5, 5.41) is 10.6. The normalized spacial score (nSPS) is 19.4. The number of piperazine rings is 1. The van der Waals surface area contributed by atoms with Gasteiger partial charge < -0.3 is 15.4 Å². The van der Waals surface area contributed by atoms with Gasteiger partial charge in [0.2, 0.25) is 5.91 Å². The number of nitrogens with zero attached hydrogens (tertiary/aromatic N) is 5. The Labute approximate surface area is 315 Å². The number of alkyl halides is 3. The highest BCUT2D eigenvalue weighted by atomic mass is 19.4. The topological polar surface area (TPSA) is 112 Å². The summed E-state index contributed by atoms with van der Waals surface area (Å²) in [4.78, 5) is 47.8. The maximum absolute atomic E-state index is 14.5. The van der Waals surface area contributed by atoms with E-state index >= 15 is 0 Å². The van der Waals surface area contributed by atoms with E-state index < -0.39 is 41.3 Å². The molecule has 4 aromatic rings. The Kier molecular flexibility index (Phi) is 10.9. The van der Waals surface area contributed by atoms with Gasteiger partial charge in [0.1, 0.15) is 17.7 Å². The van der Waals surface area contributed by atoms with E-state index in [1.807, 2.05) is 30.3 Å². The molecule has 0 bridgehead atoms. The van der Waals surface area contributed by atoms with Gasteiger partial charge in [0, 0.05) is 61.9 Å². The first-order valence-electron chi connectivity index (χ1n) is 18.1. The van der Waals surface area contributed by atoms with Crippen molar-refractivity contribution in [2.75, 3.05) is 57.4 Å². The zero-order valence-corrected chi connectivity index (χ0v) is 30.2. The second kappa shape index (κ2) is 15.8. The fourth-order valence-electron chi connectivity index (χ4n) is 7.40. The van der Waals surface area contributed by atoms with Crippen LogP contribution in [0.5, 0.6) is 0 Å². The van der Waals surface area contributed by atoms with Gasteiger partial charge in [-0.2, -0.15) is 18.3 Å². The second-order valence-corrected chi connectivity index (χ2v) is 13.9. The van der Waals surface area contributed by atoms with Crippen LogP contribution in [0.15, 0.2) is 91.0 Å². The Morgan fingerprint density at radius 2 is 1.67 bits per heavy atom. The van der Waals surface area contributed by atoms with Gasteiger partial charge in [-0.25, -0.2) is 9.07 Å². The summed E-state index contributed by atoms with van der Waals surface area (Å²) in [7, 11) is 0. The SMILES string of the molecule is C=C(CN1CCN(C2COC2)CC1)C(=O)NCc1nn(-c2ccccc2)c2c1C(c1ccc(F)cc1)C(NC(=O)c1cccc(C(F)(F)F)c1)C(=O)N2CC. The molecule has 3 amide bonds. The Hall–Kier alpha value is -5.38. The van der Waals surface area contributed by atoms with Gasteiger partial charge in [-0.3, -0.25) is 29.1 Å². The van der Waals surface area contributed by atoms with Crippen molar-refractivity contribution in [2.45, 2.75) is 37.6 Å². The lowest BCUT2D eigenvalue weighted by Gasteiger charge is -2.42. The molecule has 11 nitrogen and oxygen atoms in total. The first kappa shape index (κ1) is 37.9. The third kappa shape index (κ3) is 7.90. The molecule has 3 aliphatic rings. The zero-order chi connectivity index (χ0) is 38.9. The molecule has 3 aromatic carbocycles. The summed E-state index contributed by atoms with van der Waals surface area (Å²) in [6.45, 7) is 11.0. The van der Waals surface area contributed by atoms with Crippen LogP contribution in [-0.2, 0) is 27.0 Å². The molecular formula is C40H41F4N7O4. The van der Waals surface area contributed by atoms with Crippen molar-refractivity contribution in [1.82, 2.24) is 30.2 Å². The fourth-order valence-corrected chi connectivity index (χ4v) is 7.40. The third-order valence-corrected chi connectivity index (χ3v) is 10.4. The summed E-state index contributed by atoms with van der Waals surface area (Å²) in [5.41, 5.74) is 0.963. The van der Waals surface area contributed by atoms with Crippen LogP contribution in [0.2, 0.25) is 0 Å². The van der Waals surface area contributed by atoms with Gasteiger partial charge in [-0.05, 0) is 55.0 Å². The van der Waals surface area contributed by atoms with Crippen molar-refractivity contribution in [3.05, 3.63) is 125 Å². The summed E-state index contributed by atoms with van der Waals surface area (Å²) >= 11 is 0. The van der Waals surface area contributed by atoms with Crippen LogP contribution in [0.1, 0.15) is 45.6 Å². The highest BCUT2D eigenvalue weighted by molar-refractivity contribution is 6.05. The molecule has 15 heteroatoms. The van der Waals surface area contributed by atoms with Gasteiger partial charge in [-0.15, -0.1) is 0 Å². The van der Waals surface area contributed by atoms with Crippen LogP contribution in [-0.4, -0.2) is 102 Å². The van der Waals surface area contributed by atoms with Crippen molar-refractivity contribution in [1.29, 1.82) is 0 Å². The van der Waals surface area contributed by atoms with Gasteiger partial charge in [0.15, 0.2) is 0 Å². The Morgan fingerprint density at radius 3 is 2.31 bits per heavy atom. The van der Waals surface area contributed by atoms with Crippen LogP contribution < -0.4 is 15.5 Å². The lowest BCUT2D eigenvalue weighted by atomic mass is 9.80. The summed E-state index contributed by atoms with van der Waals surface area (Å²) in [6, 6.07) is 17.5. The summed E-state index contributed by atoms with van der Waals surface area (Å²) in [5.74, 6) is -2.96. The standard InChI is InChI=1S/C40H41F4N7O4/c1-3-50-38-34(33(26-12-14-29(41)15-13-26)35(39(50)54)46-37(53)27-8-7-9-28(20-27)40(42,43)44)32(47-51(38)30-10-5-4-6-11-30)21-45-36(52)25(2)22-48-16-18-49(19-17-48)31-23-55-24-31/h4-15,20,31,33,35H,2-3,16-19,21-24H2,1H3,(H,45,52)(H,46,53). The first-order chi connectivity index (χ1) is 26.4. The highest BCUT2D eigenvalue weighted by Crippen LogP contribution is 2.44. The molecule has 2 atom stereocenters. The number of anilines is 1. The van der Waals surface area contributed by atoms with Crippen LogP contribution in [0.25, 0.3) is 5.69 Å². The number of hydrogen-bond donors (Lipinski definition) is 2. The monoisotopic (exact) mass is 759 g/mol. The highest BCUT2D eigenvalue weighted by Gasteiger charge is 2.46. The average Bonchev–Trinajstić information content (AvgIpc) is 3.53. The number of rotatable bonds is 11. The van der Waals surface area contributed by atoms with E-state index in [-0.39, 0.29) is 24.6 Å². The molecule has 2 fully saturated rings. The molecule has 55 heavy (non-hydrogen) atoms. The zero-order valence-electron chi connectivity index (χ0n) is 30.2. The minimum Gasteiger partial charge on any atom is -0.378 e. The maximum atomic E-state index is 14.5. The van der Waals surface area contributed by atoms with E-state index in [2.05, 4.69) is 27.0 Å². The molecule has 0 aliphatic carbocycles. The molecule has 0 spiro atoms. The van der Waals surface area contributed by atoms with Crippen LogP contribution in [0.3, 0.4) is 0 Å². The summed E-state index contributed by atoms with van der Waals surface area (Å²) < 4.78 is 62.0. The molecule has 0 saturated carbocycles. The maximum Gasteiger partial charge on any atom is 0.416 e. The predicted octanol–water partition coefficient (Wildman–Crippen LogP) is 4.52. The molecule has 2 unspecified atom stereocenters. The van der Waals surface area contributed by atoms with Crippen molar-refractivity contribution in [2.24, 2.45) is 0 Å². The molecule has 2 saturated heterocycles. The minimum absolute atomic E-state index is 0.0901. The number of carbonyl (C=O) groups excluding carboxylic acids is 3. The lowest BCUT2D eigenvalue weighted by molar-refractivity contribution is -0.137. The number of benzene rings is 3. The quantitative estimate of drug-likeness (QED) is 0.171. The smallest absolute Gasteiger partial charge is 0.378 e. The number of likely N-dealkylation sites (N-methyl/N-ethyl adjacent to an activating group) is 1. The Bertz CT molecular complexity index is 2060. The van der Waals surface area contributed by atoms with Gasteiger partial charge >= 0.3 is 6.18 Å². The molecular weight excluding hydrogens is 718 g/mol. The first-order valence-corrected chi connectivity index (χ1v) is 18.1. The van der Waals surface area contributed by atoms with Crippen molar-refractivity contribution >= 4 is 23.5 Å². The number of halogens is 4. The minimum atomic E-state index is -4.70. The number of ether oxygens (including phenoxy) is 1. The predicted molar refractivity (Wildman–Crippen MR) is 196 cm³/mol. The summed E-state index contributed by atoms with van der Waals surface area (Å²) in [6.07, 6.45) is -4.70. The number of para-hydroxylation sites is 1. The van der Waals surface area contributed by atoms with Crippen molar-refractivity contribution in [3.63, 3.8) is 0 Å². The number of amides is 3. The van der Waals surface area contributed by atoms with Crippen molar-refractivity contribution in [3.8, 4) is 5.69 Å². The van der Waals surface area contributed by atoms with E-state index in [9.17, 15) is 31.9 Å². The van der Waals surface area contributed by atoms with E-state index in [0.29, 0.717) is 46.5 Å². The van der Waals surface area contributed by atoms with Gasteiger partial charge in [0.25, 0.3) is 11.8 Å². The van der Waals surface area contributed by atoms with Gasteiger partial charge in [0.05, 0.1) is 42.7 Å². The Morgan fingerprint density at radius 1 is 0.964 bits per heavy atom. The van der Waals surface area contributed by atoms with Crippen LogP contribution in [0, 0.1) is 5.82 Å². The molecule has 2 N–H and O–H groups in total. The second-order valence-electron chi connectivity index (χ2n) is 13.9. The van der Waals surface area contributed by atoms with E-state index in [4.69, 9.17) is 9.84 Å². The molecule has 7 rings (SSSR count). The lowest BCUT2D eigenvalue weighted by Crippen LogP contribution is -2.56. The number of nitrogens with one attached hydrogen (secondary N) is 2. The molecule has 288 valence electrons. The number of fused-ring (bicyclic) bond motifs is 1. The molecule has 0 radical (unpaired) electrons. The number of carbonyl (C=O) groups is 3. The molecule has 3 aliphatic heterocycles. The molecule has 1 aromatic heterocycles. The molecule has 4 heterocycles. The average molecular weight is 760 g/mol. The fraction of sp³-hybridized carbons (Fsp3) is 0.350. The Balaban J connectivity index is 1.22. The van der Waals surface area contributed by atoms with E-state index in [1.165, 1.54) is 35.2 Å². The van der Waals surface area contributed by atoms with Gasteiger partial charge in [-0.1, -0.05) is 43.0 Å². The third-order valence-electron chi connectivity index (χ3n) is 10.4. The van der Waals surface area contributed by atoms with E-state index in [1.54, 1.807) is 11.6 Å². The number of aromatic nitrogens is 2. The van der Waals surface area contributed by atoms with E-state index in [0.717, 1.165) is 57.6 Å². The van der Waals surface area contributed by atoms with Crippen LogP contribution >= 0.6 is 0 Å². The number of hydrogen-bond acceptors (Lipinski definition) is 7. The largest absolute Gasteiger partial charge is 0.416 e. The van der Waals surface area contributed by atoms with Crippen molar-refractivity contribution < 1.29 is 36.7 Å². The van der Waals surface area contributed by atoms with Crippen LogP contribution in [0.4, 0.5) is 23.4 Å².